The van der Waals surface area contributed by atoms with Crippen LogP contribution >= 0.6 is 23.2 Å². The van der Waals surface area contributed by atoms with Crippen molar-refractivity contribution < 1.29 is 4.79 Å². The minimum absolute atomic E-state index is 0.0311. The van der Waals surface area contributed by atoms with E-state index in [0.717, 1.165) is 43.6 Å². The van der Waals surface area contributed by atoms with Gasteiger partial charge >= 0.3 is 0 Å². The molecule has 0 saturated carbocycles. The molecular weight excluding hydrogens is 355 g/mol. The molecule has 1 fully saturated rings. The van der Waals surface area contributed by atoms with Gasteiger partial charge in [0.2, 0.25) is 5.91 Å². The minimum atomic E-state index is 0.0311. The molecule has 0 unspecified atom stereocenters. The quantitative estimate of drug-likeness (QED) is 0.831. The molecule has 1 amide bonds. The van der Waals surface area contributed by atoms with Gasteiger partial charge in [0.15, 0.2) is 0 Å². The zero-order valence-corrected chi connectivity index (χ0v) is 15.6. The van der Waals surface area contributed by atoms with Crippen LogP contribution in [0.2, 0.25) is 10.0 Å². The van der Waals surface area contributed by atoms with E-state index in [2.05, 4.69) is 10.2 Å². The second kappa shape index (κ2) is 8.70. The van der Waals surface area contributed by atoms with Gasteiger partial charge in [-0.25, -0.2) is 0 Å². The fourth-order valence-corrected chi connectivity index (χ4v) is 3.70. The highest BCUT2D eigenvalue weighted by atomic mass is 35.5. The average molecular weight is 377 g/mol. The van der Waals surface area contributed by atoms with E-state index >= 15 is 0 Å². The molecule has 3 nitrogen and oxygen atoms in total. The summed E-state index contributed by atoms with van der Waals surface area (Å²) in [5, 5.41) is 4.39. The molecule has 1 atom stereocenters. The Hall–Kier alpha value is -1.55. The highest BCUT2D eigenvalue weighted by Crippen LogP contribution is 2.25. The van der Waals surface area contributed by atoms with E-state index < -0.39 is 0 Å². The Morgan fingerprint density at radius 3 is 2.72 bits per heavy atom. The lowest BCUT2D eigenvalue weighted by Gasteiger charge is -2.32. The van der Waals surface area contributed by atoms with Crippen LogP contribution in [-0.4, -0.2) is 23.9 Å². The van der Waals surface area contributed by atoms with Crippen molar-refractivity contribution in [3.05, 3.63) is 69.7 Å². The van der Waals surface area contributed by atoms with Crippen molar-refractivity contribution in [3.8, 4) is 0 Å². The Bertz CT molecular complexity index is 721. The number of carbonyl (C=O) groups is 1. The molecule has 1 aliphatic rings. The van der Waals surface area contributed by atoms with Crippen LogP contribution in [0.25, 0.3) is 0 Å². The van der Waals surface area contributed by atoms with Crippen molar-refractivity contribution in [2.24, 2.45) is 5.92 Å². The minimum Gasteiger partial charge on any atom is -0.352 e. The van der Waals surface area contributed by atoms with E-state index in [1.165, 1.54) is 0 Å². The summed E-state index contributed by atoms with van der Waals surface area (Å²) >= 11 is 12.2. The normalized spacial score (nSPS) is 18.1. The predicted molar refractivity (Wildman–Crippen MR) is 103 cm³/mol. The smallest absolute Gasteiger partial charge is 0.224 e. The number of piperidine rings is 1. The molecule has 2 aromatic carbocycles. The Morgan fingerprint density at radius 2 is 1.96 bits per heavy atom. The summed E-state index contributed by atoms with van der Waals surface area (Å²) < 4.78 is 0. The van der Waals surface area contributed by atoms with Gasteiger partial charge in [0.05, 0.1) is 5.92 Å². The molecule has 5 heteroatoms. The maximum atomic E-state index is 12.5. The van der Waals surface area contributed by atoms with Crippen LogP contribution in [0, 0.1) is 5.92 Å². The molecule has 0 radical (unpaired) electrons. The molecule has 1 aliphatic heterocycles. The first kappa shape index (κ1) is 18.2. The molecule has 1 N–H and O–H groups in total. The second-order valence-corrected chi connectivity index (χ2v) is 7.36. The first-order valence-electron chi connectivity index (χ1n) is 8.60. The van der Waals surface area contributed by atoms with Gasteiger partial charge in [-0.3, -0.25) is 9.69 Å². The summed E-state index contributed by atoms with van der Waals surface area (Å²) in [5.41, 5.74) is 2.17. The number of benzene rings is 2. The summed E-state index contributed by atoms with van der Waals surface area (Å²) in [7, 11) is 0. The van der Waals surface area contributed by atoms with Crippen molar-refractivity contribution in [2.75, 3.05) is 13.1 Å². The molecule has 1 heterocycles. The van der Waals surface area contributed by atoms with Gasteiger partial charge in [-0.1, -0.05) is 59.6 Å². The standard InChI is InChI=1S/C20H22Cl2N2O/c21-18-9-8-16(19(22)11-18)13-24-10-4-7-17(14-24)20(25)23-12-15-5-2-1-3-6-15/h1-3,5-6,8-9,11,17H,4,7,10,12-14H2,(H,23,25)/t17-/m1/s1. The van der Waals surface area contributed by atoms with Crippen LogP contribution in [0.1, 0.15) is 24.0 Å². The largest absolute Gasteiger partial charge is 0.352 e. The van der Waals surface area contributed by atoms with E-state index in [1.807, 2.05) is 42.5 Å². The van der Waals surface area contributed by atoms with Crippen LogP contribution in [0.5, 0.6) is 0 Å². The third kappa shape index (κ3) is 5.21. The van der Waals surface area contributed by atoms with Crippen molar-refractivity contribution in [1.29, 1.82) is 0 Å². The van der Waals surface area contributed by atoms with E-state index in [4.69, 9.17) is 23.2 Å². The fourth-order valence-electron chi connectivity index (χ4n) is 3.23. The maximum Gasteiger partial charge on any atom is 0.224 e. The molecule has 3 rings (SSSR count). The lowest BCUT2D eigenvalue weighted by Crippen LogP contribution is -2.42. The van der Waals surface area contributed by atoms with Gasteiger partial charge < -0.3 is 5.32 Å². The zero-order chi connectivity index (χ0) is 17.6. The topological polar surface area (TPSA) is 32.3 Å². The van der Waals surface area contributed by atoms with E-state index in [-0.39, 0.29) is 11.8 Å². The van der Waals surface area contributed by atoms with Gasteiger partial charge in [-0.05, 0) is 42.6 Å². The molecular formula is C20H22Cl2N2O. The van der Waals surface area contributed by atoms with Crippen molar-refractivity contribution in [1.82, 2.24) is 10.2 Å². The molecule has 2 aromatic rings. The Morgan fingerprint density at radius 1 is 1.16 bits per heavy atom. The molecule has 0 bridgehead atoms. The van der Waals surface area contributed by atoms with E-state index in [0.29, 0.717) is 16.6 Å². The zero-order valence-electron chi connectivity index (χ0n) is 14.1. The molecule has 132 valence electrons. The summed E-state index contributed by atoms with van der Waals surface area (Å²) in [6.45, 7) is 3.08. The Kier molecular flexibility index (Phi) is 6.35. The SMILES string of the molecule is O=C(NCc1ccccc1)[C@@H]1CCCN(Cc2ccc(Cl)cc2Cl)C1. The number of hydrogen-bond donors (Lipinski definition) is 1. The highest BCUT2D eigenvalue weighted by Gasteiger charge is 2.25. The number of carbonyl (C=O) groups excluding carboxylic acids is 1. The number of amides is 1. The van der Waals surface area contributed by atoms with Crippen LogP contribution in [-0.2, 0) is 17.9 Å². The fraction of sp³-hybridized carbons (Fsp3) is 0.350. The number of nitrogens with zero attached hydrogens (tertiary/aromatic N) is 1. The van der Waals surface area contributed by atoms with Gasteiger partial charge in [0.1, 0.15) is 0 Å². The molecule has 0 spiro atoms. The third-order valence-electron chi connectivity index (χ3n) is 4.59. The van der Waals surface area contributed by atoms with Gasteiger partial charge in [-0.2, -0.15) is 0 Å². The second-order valence-electron chi connectivity index (χ2n) is 6.51. The van der Waals surface area contributed by atoms with E-state index in [1.54, 1.807) is 6.07 Å². The number of halogens is 2. The van der Waals surface area contributed by atoms with Crippen LogP contribution in [0.4, 0.5) is 0 Å². The maximum absolute atomic E-state index is 12.5. The van der Waals surface area contributed by atoms with Crippen LogP contribution < -0.4 is 5.32 Å². The average Bonchev–Trinajstić information content (AvgIpc) is 2.63. The number of nitrogens with one attached hydrogen (secondary N) is 1. The summed E-state index contributed by atoms with van der Waals surface area (Å²) in [6.07, 6.45) is 1.96. The highest BCUT2D eigenvalue weighted by molar-refractivity contribution is 6.35. The third-order valence-corrected chi connectivity index (χ3v) is 5.18. The van der Waals surface area contributed by atoms with E-state index in [9.17, 15) is 4.79 Å². The predicted octanol–water partition coefficient (Wildman–Crippen LogP) is 4.52. The lowest BCUT2D eigenvalue weighted by atomic mass is 9.96. The molecule has 25 heavy (non-hydrogen) atoms. The Balaban J connectivity index is 1.54. The summed E-state index contributed by atoms with van der Waals surface area (Å²) in [6, 6.07) is 15.6. The van der Waals surface area contributed by atoms with Gasteiger partial charge in [-0.15, -0.1) is 0 Å². The number of likely N-dealkylation sites (tertiary alicyclic amines) is 1. The monoisotopic (exact) mass is 376 g/mol. The van der Waals surface area contributed by atoms with Crippen LogP contribution in [0.3, 0.4) is 0 Å². The molecule has 0 aliphatic carbocycles. The number of rotatable bonds is 5. The lowest BCUT2D eigenvalue weighted by molar-refractivity contribution is -0.126. The summed E-state index contributed by atoms with van der Waals surface area (Å²) in [4.78, 5) is 14.8. The Labute approximate surface area is 158 Å². The molecule has 0 aromatic heterocycles. The van der Waals surface area contributed by atoms with Crippen molar-refractivity contribution in [2.45, 2.75) is 25.9 Å². The first-order valence-corrected chi connectivity index (χ1v) is 9.35. The number of hydrogen-bond acceptors (Lipinski definition) is 2. The molecule has 1 saturated heterocycles. The van der Waals surface area contributed by atoms with Crippen LogP contribution in [0.15, 0.2) is 48.5 Å². The first-order chi connectivity index (χ1) is 12.1. The van der Waals surface area contributed by atoms with Gasteiger partial charge in [0.25, 0.3) is 0 Å². The van der Waals surface area contributed by atoms with Gasteiger partial charge in [0, 0.05) is 29.7 Å². The van der Waals surface area contributed by atoms with Crippen molar-refractivity contribution in [3.63, 3.8) is 0 Å². The van der Waals surface area contributed by atoms with Crippen molar-refractivity contribution >= 4 is 29.1 Å². The summed E-state index contributed by atoms with van der Waals surface area (Å²) in [5.74, 6) is 0.166.